The fraction of sp³-hybridized carbons (Fsp3) is 0. The molecule has 0 aliphatic rings. The smallest absolute Gasteiger partial charge is 0.241 e. The van der Waals surface area contributed by atoms with Crippen molar-refractivity contribution in [2.45, 2.75) is 0 Å². The second-order valence-electron chi connectivity index (χ2n) is 2.47. The van der Waals surface area contributed by atoms with Gasteiger partial charge in [-0.15, -0.1) is 11.3 Å². The zero-order chi connectivity index (χ0) is 9.26. The van der Waals surface area contributed by atoms with Crippen LogP contribution in [0.15, 0.2) is 23.8 Å². The van der Waals surface area contributed by atoms with Gasteiger partial charge in [-0.3, -0.25) is 9.20 Å². The van der Waals surface area contributed by atoms with Crippen LogP contribution in [0, 0.1) is 0 Å². The van der Waals surface area contributed by atoms with Crippen molar-refractivity contribution in [2.24, 2.45) is 5.73 Å². The topological polar surface area (TPSA) is 60.4 Å². The normalized spacial score (nSPS) is 11.4. The molecular formula is C8H7N3OS. The van der Waals surface area contributed by atoms with Crippen LogP contribution in [-0.4, -0.2) is 15.3 Å². The average Bonchev–Trinajstić information content (AvgIpc) is 2.60. The van der Waals surface area contributed by atoms with Crippen LogP contribution in [0.1, 0.15) is 5.69 Å². The number of amides is 1. The molecule has 0 fully saturated rings. The van der Waals surface area contributed by atoms with E-state index in [1.807, 2.05) is 16.0 Å². The molecule has 2 N–H and O–H groups in total. The van der Waals surface area contributed by atoms with Crippen LogP contribution >= 0.6 is 11.3 Å². The Labute approximate surface area is 78.3 Å². The lowest BCUT2D eigenvalue weighted by molar-refractivity contribution is -0.113. The maximum absolute atomic E-state index is 10.5. The molecule has 0 aliphatic carbocycles. The Kier molecular flexibility index (Phi) is 1.86. The highest BCUT2D eigenvalue weighted by Crippen LogP contribution is 2.13. The molecule has 66 valence electrons. The standard InChI is InChI=1S/C8H7N3OS/c9-7(12)2-1-6-5-10-8-11(6)3-4-13-8/h1-5H,(H2,9,12)/b2-1+. The van der Waals surface area contributed by atoms with Gasteiger partial charge in [0.2, 0.25) is 5.91 Å². The summed E-state index contributed by atoms with van der Waals surface area (Å²) in [6.45, 7) is 0. The molecule has 2 aromatic heterocycles. The van der Waals surface area contributed by atoms with Crippen LogP contribution in [0.3, 0.4) is 0 Å². The van der Waals surface area contributed by atoms with Crippen LogP contribution in [0.4, 0.5) is 0 Å². The SMILES string of the molecule is NC(=O)/C=C/c1cnc2sccn12. The first-order valence-electron chi connectivity index (χ1n) is 3.65. The first-order valence-corrected chi connectivity index (χ1v) is 4.53. The summed E-state index contributed by atoms with van der Waals surface area (Å²) < 4.78 is 1.89. The summed E-state index contributed by atoms with van der Waals surface area (Å²) in [5, 5.41) is 1.93. The number of primary amides is 1. The molecule has 0 unspecified atom stereocenters. The summed E-state index contributed by atoms with van der Waals surface area (Å²) in [5.41, 5.74) is 5.83. The minimum Gasteiger partial charge on any atom is -0.366 e. The summed E-state index contributed by atoms with van der Waals surface area (Å²) in [4.78, 5) is 15.5. The van der Waals surface area contributed by atoms with Gasteiger partial charge in [-0.25, -0.2) is 4.98 Å². The molecule has 2 heterocycles. The molecule has 0 bridgehead atoms. The molecule has 0 aliphatic heterocycles. The Balaban J connectivity index is 2.43. The molecule has 0 saturated carbocycles. The highest BCUT2D eigenvalue weighted by Gasteiger charge is 1.99. The fourth-order valence-electron chi connectivity index (χ4n) is 1.04. The van der Waals surface area contributed by atoms with Crippen molar-refractivity contribution < 1.29 is 4.79 Å². The first kappa shape index (κ1) is 8.00. The summed E-state index contributed by atoms with van der Waals surface area (Å²) in [7, 11) is 0. The first-order chi connectivity index (χ1) is 6.27. The van der Waals surface area contributed by atoms with E-state index in [1.165, 1.54) is 6.08 Å². The molecule has 0 saturated heterocycles. The average molecular weight is 193 g/mol. The van der Waals surface area contributed by atoms with E-state index in [1.54, 1.807) is 23.6 Å². The lowest BCUT2D eigenvalue weighted by Gasteiger charge is -1.87. The van der Waals surface area contributed by atoms with Crippen LogP contribution in [-0.2, 0) is 4.79 Å². The summed E-state index contributed by atoms with van der Waals surface area (Å²) >= 11 is 1.54. The van der Waals surface area contributed by atoms with Gasteiger partial charge in [0.15, 0.2) is 4.96 Å². The highest BCUT2D eigenvalue weighted by atomic mass is 32.1. The molecule has 0 spiro atoms. The van der Waals surface area contributed by atoms with Gasteiger partial charge in [0.1, 0.15) is 0 Å². The zero-order valence-corrected chi connectivity index (χ0v) is 7.49. The van der Waals surface area contributed by atoms with Gasteiger partial charge in [0.25, 0.3) is 0 Å². The number of imidazole rings is 1. The molecule has 2 rings (SSSR count). The molecule has 13 heavy (non-hydrogen) atoms. The summed E-state index contributed by atoms with van der Waals surface area (Å²) in [6.07, 6.45) is 6.56. The van der Waals surface area contributed by atoms with Gasteiger partial charge in [-0.2, -0.15) is 0 Å². The Bertz CT molecular complexity index is 468. The highest BCUT2D eigenvalue weighted by molar-refractivity contribution is 7.15. The predicted octanol–water partition coefficient (Wildman–Crippen LogP) is 0.894. The number of rotatable bonds is 2. The number of fused-ring (bicyclic) bond motifs is 1. The number of hydrogen-bond acceptors (Lipinski definition) is 3. The largest absolute Gasteiger partial charge is 0.366 e. The third-order valence-corrected chi connectivity index (χ3v) is 2.36. The van der Waals surface area contributed by atoms with Crippen molar-refractivity contribution in [3.8, 4) is 0 Å². The number of carbonyl (C=O) groups is 1. The molecular weight excluding hydrogens is 186 g/mol. The monoisotopic (exact) mass is 193 g/mol. The van der Waals surface area contributed by atoms with E-state index in [2.05, 4.69) is 4.98 Å². The minimum absolute atomic E-state index is 0.454. The lowest BCUT2D eigenvalue weighted by Crippen LogP contribution is -2.05. The van der Waals surface area contributed by atoms with Crippen molar-refractivity contribution >= 4 is 28.3 Å². The quantitative estimate of drug-likeness (QED) is 0.720. The number of aromatic nitrogens is 2. The van der Waals surface area contributed by atoms with Crippen molar-refractivity contribution in [1.82, 2.24) is 9.38 Å². The Morgan fingerprint density at radius 1 is 1.69 bits per heavy atom. The van der Waals surface area contributed by atoms with E-state index < -0.39 is 5.91 Å². The van der Waals surface area contributed by atoms with E-state index >= 15 is 0 Å². The number of nitrogens with zero attached hydrogens (tertiary/aromatic N) is 2. The fourth-order valence-corrected chi connectivity index (χ4v) is 1.73. The van der Waals surface area contributed by atoms with Gasteiger partial charge in [-0.1, -0.05) is 0 Å². The molecule has 0 radical (unpaired) electrons. The van der Waals surface area contributed by atoms with Gasteiger partial charge in [0.05, 0.1) is 11.9 Å². The third kappa shape index (κ3) is 1.46. The zero-order valence-electron chi connectivity index (χ0n) is 6.68. The Morgan fingerprint density at radius 2 is 2.54 bits per heavy atom. The van der Waals surface area contributed by atoms with Crippen molar-refractivity contribution in [2.75, 3.05) is 0 Å². The van der Waals surface area contributed by atoms with E-state index in [-0.39, 0.29) is 0 Å². The Morgan fingerprint density at radius 3 is 3.31 bits per heavy atom. The number of nitrogens with two attached hydrogens (primary N) is 1. The molecule has 2 aromatic rings. The van der Waals surface area contributed by atoms with Crippen LogP contribution < -0.4 is 5.73 Å². The van der Waals surface area contributed by atoms with Gasteiger partial charge in [0, 0.05) is 17.7 Å². The van der Waals surface area contributed by atoms with Gasteiger partial charge in [-0.05, 0) is 6.08 Å². The van der Waals surface area contributed by atoms with Crippen molar-refractivity contribution in [3.05, 3.63) is 29.5 Å². The van der Waals surface area contributed by atoms with Gasteiger partial charge < -0.3 is 5.73 Å². The summed E-state index contributed by atoms with van der Waals surface area (Å²) in [5.74, 6) is -0.454. The number of thiazole rings is 1. The second-order valence-corrected chi connectivity index (χ2v) is 3.35. The van der Waals surface area contributed by atoms with Crippen LogP contribution in [0.25, 0.3) is 11.0 Å². The van der Waals surface area contributed by atoms with Crippen LogP contribution in [0.5, 0.6) is 0 Å². The number of hydrogen-bond donors (Lipinski definition) is 1. The van der Waals surface area contributed by atoms with Crippen molar-refractivity contribution in [1.29, 1.82) is 0 Å². The van der Waals surface area contributed by atoms with E-state index in [4.69, 9.17) is 5.73 Å². The molecule has 4 nitrogen and oxygen atoms in total. The predicted molar refractivity (Wildman–Crippen MR) is 51.3 cm³/mol. The molecule has 0 atom stereocenters. The van der Waals surface area contributed by atoms with Crippen molar-refractivity contribution in [3.63, 3.8) is 0 Å². The maximum atomic E-state index is 10.5. The molecule has 1 amide bonds. The Hall–Kier alpha value is -1.62. The maximum Gasteiger partial charge on any atom is 0.241 e. The van der Waals surface area contributed by atoms with E-state index in [0.717, 1.165) is 10.7 Å². The lowest BCUT2D eigenvalue weighted by atomic mass is 10.4. The van der Waals surface area contributed by atoms with E-state index in [0.29, 0.717) is 0 Å². The minimum atomic E-state index is -0.454. The number of carbonyl (C=O) groups excluding carboxylic acids is 1. The molecule has 5 heteroatoms. The molecule has 0 aromatic carbocycles. The van der Waals surface area contributed by atoms with Crippen LogP contribution in [0.2, 0.25) is 0 Å². The third-order valence-electron chi connectivity index (χ3n) is 1.59. The second kappa shape index (κ2) is 3.02. The van der Waals surface area contributed by atoms with E-state index in [9.17, 15) is 4.79 Å². The summed E-state index contributed by atoms with van der Waals surface area (Å²) in [6, 6.07) is 0. The van der Waals surface area contributed by atoms with Gasteiger partial charge >= 0.3 is 0 Å².